The standard InChI is InChI=1S/C3H15P7/c1-2-9(7-4)3-10(6)8-5/h7-8H,2-6H2,1H3. The minimum absolute atomic E-state index is 0.300. The molecule has 0 saturated heterocycles. The van der Waals surface area contributed by atoms with E-state index in [0.29, 0.717) is 14.9 Å². The second-order valence-corrected chi connectivity index (χ2v) is 19.3. The molecular formula is C3H15P7. The molecule has 0 spiro atoms. The van der Waals surface area contributed by atoms with Gasteiger partial charge in [-0.2, -0.15) is 0 Å². The van der Waals surface area contributed by atoms with Crippen LogP contribution in [0.4, 0.5) is 0 Å². The lowest BCUT2D eigenvalue weighted by molar-refractivity contribution is 1.51. The molecule has 0 heterocycles. The highest BCUT2D eigenvalue weighted by molar-refractivity contribution is 8.63. The summed E-state index contributed by atoms with van der Waals surface area (Å²) in [6.07, 6.45) is 1.42. The number of hydrogen-bond acceptors (Lipinski definition) is 0. The van der Waals surface area contributed by atoms with Crippen molar-refractivity contribution >= 4 is 57.6 Å². The Labute approximate surface area is 76.8 Å². The summed E-state index contributed by atoms with van der Waals surface area (Å²) in [4.78, 5) is 0. The Balaban J connectivity index is 3.41. The molecule has 0 aliphatic rings. The maximum absolute atomic E-state index is 3.00. The highest BCUT2D eigenvalue weighted by Crippen LogP contribution is 2.75. The van der Waals surface area contributed by atoms with Crippen LogP contribution in [0.3, 0.4) is 0 Å². The summed E-state index contributed by atoms with van der Waals surface area (Å²) in [7, 11) is 11.7. The predicted octanol–water partition coefficient (Wildman–Crippen LogP) is 4.48. The van der Waals surface area contributed by atoms with Crippen LogP contribution < -0.4 is 0 Å². The highest BCUT2D eigenvalue weighted by atomic mass is 32.6. The second-order valence-electron chi connectivity index (χ2n) is 1.73. The Kier molecular flexibility index (Phi) is 11.2. The van der Waals surface area contributed by atoms with E-state index in [1.165, 1.54) is 12.1 Å². The van der Waals surface area contributed by atoms with Crippen molar-refractivity contribution < 1.29 is 0 Å². The molecule has 0 radical (unpaired) electrons. The lowest BCUT2D eigenvalue weighted by Gasteiger charge is -2.16. The van der Waals surface area contributed by atoms with Crippen molar-refractivity contribution in [2.75, 3.05) is 12.1 Å². The summed E-state index contributed by atoms with van der Waals surface area (Å²) in [5.74, 6) is 1.51. The summed E-state index contributed by atoms with van der Waals surface area (Å²) < 4.78 is 0. The van der Waals surface area contributed by atoms with Gasteiger partial charge in [0, 0.05) is 0 Å². The van der Waals surface area contributed by atoms with E-state index in [2.05, 4.69) is 33.7 Å². The zero-order chi connectivity index (χ0) is 7.98. The summed E-state index contributed by atoms with van der Waals surface area (Å²) >= 11 is 0. The van der Waals surface area contributed by atoms with Crippen LogP contribution in [0.15, 0.2) is 0 Å². The second kappa shape index (κ2) is 8.60. The first-order chi connectivity index (χ1) is 4.74. The largest absolute Gasteiger partial charge is 0.110 e. The maximum Gasteiger partial charge on any atom is -0.000785 e. The summed E-state index contributed by atoms with van der Waals surface area (Å²) in [6, 6.07) is 0. The number of rotatable bonds is 5. The molecule has 7 atom stereocenters. The van der Waals surface area contributed by atoms with Gasteiger partial charge in [0.05, 0.1) is 0 Å². The fourth-order valence-electron chi connectivity index (χ4n) is 0.457. The Morgan fingerprint density at radius 3 is 2.20 bits per heavy atom. The summed E-state index contributed by atoms with van der Waals surface area (Å²) in [5, 5.41) is 0. The van der Waals surface area contributed by atoms with Crippen molar-refractivity contribution in [1.82, 2.24) is 0 Å². The molecule has 10 heavy (non-hydrogen) atoms. The number of hydrogen-bond donors (Lipinski definition) is 0. The van der Waals surface area contributed by atoms with Gasteiger partial charge in [-0.25, -0.2) is 0 Å². The maximum atomic E-state index is 3.00. The first-order valence-electron chi connectivity index (χ1n) is 2.94. The molecule has 0 aliphatic heterocycles. The zero-order valence-electron chi connectivity index (χ0n) is 6.04. The molecule has 0 amide bonds. The summed E-state index contributed by atoms with van der Waals surface area (Å²) in [6.45, 7) is 2.32. The van der Waals surface area contributed by atoms with Crippen LogP contribution >= 0.6 is 57.6 Å². The Bertz CT molecular complexity index is 71.3. The fourth-order valence-corrected chi connectivity index (χ4v) is 19.1. The van der Waals surface area contributed by atoms with Crippen molar-refractivity contribution in [2.24, 2.45) is 0 Å². The van der Waals surface area contributed by atoms with Gasteiger partial charge in [-0.3, -0.25) is 0 Å². The third-order valence-electron chi connectivity index (χ3n) is 1.05. The SMILES string of the molecule is CCP(CP(P)PP)PP. The predicted molar refractivity (Wildman–Crippen MR) is 75.0 cm³/mol. The Hall–Kier alpha value is 3.01. The fraction of sp³-hybridized carbons (Fsp3) is 1.00. The minimum atomic E-state index is 0.300. The van der Waals surface area contributed by atoms with Crippen LogP contribution in [-0.2, 0) is 0 Å². The van der Waals surface area contributed by atoms with Crippen molar-refractivity contribution in [2.45, 2.75) is 6.92 Å². The lowest BCUT2D eigenvalue weighted by Crippen LogP contribution is -1.71. The van der Waals surface area contributed by atoms with Gasteiger partial charge in [-0.05, 0) is 12.1 Å². The van der Waals surface area contributed by atoms with E-state index in [9.17, 15) is 0 Å². The molecule has 0 fully saturated rings. The molecular weight excluding hydrogens is 253 g/mol. The molecule has 0 N–H and O–H groups in total. The van der Waals surface area contributed by atoms with Gasteiger partial charge in [0.2, 0.25) is 0 Å². The third-order valence-corrected chi connectivity index (χ3v) is 22.4. The van der Waals surface area contributed by atoms with Gasteiger partial charge in [0.25, 0.3) is 0 Å². The monoisotopic (exact) mass is 268 g/mol. The van der Waals surface area contributed by atoms with Crippen molar-refractivity contribution in [3.8, 4) is 0 Å². The molecule has 0 aromatic carbocycles. The van der Waals surface area contributed by atoms with Gasteiger partial charge in [0.15, 0.2) is 0 Å². The van der Waals surface area contributed by atoms with Crippen LogP contribution in [0.5, 0.6) is 0 Å². The van der Waals surface area contributed by atoms with Gasteiger partial charge in [-0.15, -0.1) is 26.8 Å². The van der Waals surface area contributed by atoms with E-state index in [1.54, 1.807) is 0 Å². The molecule has 0 bridgehead atoms. The van der Waals surface area contributed by atoms with Gasteiger partial charge >= 0.3 is 0 Å². The Morgan fingerprint density at radius 2 is 1.90 bits per heavy atom. The average molecular weight is 268 g/mol. The van der Waals surface area contributed by atoms with E-state index in [4.69, 9.17) is 0 Å². The normalized spacial score (nSPS) is 19.2. The van der Waals surface area contributed by atoms with Crippen LogP contribution in [0.25, 0.3) is 0 Å². The molecule has 0 rings (SSSR count). The third kappa shape index (κ3) is 6.52. The molecule has 62 valence electrons. The minimum Gasteiger partial charge on any atom is -0.110 e. The van der Waals surface area contributed by atoms with Crippen molar-refractivity contribution in [3.05, 3.63) is 0 Å². The smallest absolute Gasteiger partial charge is 0.000785 e. The van der Waals surface area contributed by atoms with Gasteiger partial charge in [-0.1, -0.05) is 37.7 Å². The molecule has 0 aromatic rings. The molecule has 0 aliphatic carbocycles. The van der Waals surface area contributed by atoms with Gasteiger partial charge < -0.3 is 0 Å². The van der Waals surface area contributed by atoms with Crippen LogP contribution in [0.1, 0.15) is 6.92 Å². The lowest BCUT2D eigenvalue weighted by atomic mass is 11.0. The van der Waals surface area contributed by atoms with E-state index in [-0.39, 0.29) is 0 Å². The summed E-state index contributed by atoms with van der Waals surface area (Å²) in [5.41, 5.74) is 0. The topological polar surface area (TPSA) is 0 Å². The van der Waals surface area contributed by atoms with Crippen LogP contribution in [0, 0.1) is 0 Å². The molecule has 7 unspecified atom stereocenters. The van der Waals surface area contributed by atoms with Crippen molar-refractivity contribution in [3.63, 3.8) is 0 Å². The van der Waals surface area contributed by atoms with E-state index < -0.39 is 0 Å². The quantitative estimate of drug-likeness (QED) is 0.644. The molecule has 7 heteroatoms. The molecule has 0 saturated carbocycles. The Morgan fingerprint density at radius 1 is 1.30 bits per heavy atom. The van der Waals surface area contributed by atoms with Gasteiger partial charge in [0.1, 0.15) is 0 Å². The first-order valence-corrected chi connectivity index (χ1v) is 15.1. The molecule has 0 nitrogen and oxygen atoms in total. The zero-order valence-corrected chi connectivity index (χ0v) is 13.3. The van der Waals surface area contributed by atoms with E-state index in [0.717, 1.165) is 15.9 Å². The van der Waals surface area contributed by atoms with E-state index >= 15 is 0 Å². The average Bonchev–Trinajstić information content (AvgIpc) is 1.99. The highest BCUT2D eigenvalue weighted by Gasteiger charge is 2.06. The molecule has 0 aromatic heterocycles. The van der Waals surface area contributed by atoms with Crippen molar-refractivity contribution in [1.29, 1.82) is 0 Å². The van der Waals surface area contributed by atoms with Crippen LogP contribution in [-0.4, -0.2) is 12.1 Å². The first kappa shape index (κ1) is 13.0. The van der Waals surface area contributed by atoms with E-state index in [1.807, 2.05) is 0 Å². The van der Waals surface area contributed by atoms with Crippen LogP contribution in [0.2, 0.25) is 0 Å².